The van der Waals surface area contributed by atoms with Crippen LogP contribution in [0.1, 0.15) is 18.1 Å². The molecule has 168 valence electrons. The Hall–Kier alpha value is -3.76. The van der Waals surface area contributed by atoms with Crippen molar-refractivity contribution in [3.63, 3.8) is 0 Å². The van der Waals surface area contributed by atoms with E-state index in [1.165, 1.54) is 12.3 Å². The van der Waals surface area contributed by atoms with Crippen molar-refractivity contribution in [3.05, 3.63) is 72.1 Å². The van der Waals surface area contributed by atoms with Crippen LogP contribution in [0.5, 0.6) is 5.75 Å². The van der Waals surface area contributed by atoms with Gasteiger partial charge in [0.05, 0.1) is 22.8 Å². The lowest BCUT2D eigenvalue weighted by molar-refractivity contribution is -0.142. The van der Waals surface area contributed by atoms with Gasteiger partial charge in [-0.25, -0.2) is 4.98 Å². The van der Waals surface area contributed by atoms with Gasteiger partial charge in [-0.15, -0.1) is 0 Å². The number of aromatic nitrogens is 2. The highest BCUT2D eigenvalue weighted by Crippen LogP contribution is 2.39. The molecule has 5 nitrogen and oxygen atoms in total. The number of benzene rings is 2. The van der Waals surface area contributed by atoms with E-state index in [1.54, 1.807) is 37.4 Å². The molecule has 3 rings (SSSR count). The summed E-state index contributed by atoms with van der Waals surface area (Å²) in [6, 6.07) is 6.88. The first kappa shape index (κ1) is 22.9. The van der Waals surface area contributed by atoms with E-state index in [0.29, 0.717) is 23.3 Å². The molecule has 11 heteroatoms. The predicted octanol–water partition coefficient (Wildman–Crippen LogP) is 6.84. The number of alkyl halides is 6. The molecule has 2 aromatic carbocycles. The van der Waals surface area contributed by atoms with Gasteiger partial charge in [0, 0.05) is 11.9 Å². The minimum absolute atomic E-state index is 0.0480. The first-order valence-electron chi connectivity index (χ1n) is 9.04. The Kier molecular flexibility index (Phi) is 6.28. The van der Waals surface area contributed by atoms with Crippen LogP contribution in [-0.2, 0) is 12.4 Å². The second-order valence-electron chi connectivity index (χ2n) is 6.40. The molecular formula is C21H16F6N4O. The highest BCUT2D eigenvalue weighted by molar-refractivity contribution is 5.83. The number of rotatable bonds is 6. The topological polar surface area (TPSA) is 62.3 Å². The molecule has 0 aliphatic carbocycles. The molecule has 0 spiro atoms. The Morgan fingerprint density at radius 3 is 2.34 bits per heavy atom. The largest absolute Gasteiger partial charge is 0.456 e. The zero-order chi connectivity index (χ0) is 23.5. The predicted molar refractivity (Wildman–Crippen MR) is 109 cm³/mol. The number of nitrogens with one attached hydrogen (secondary N) is 2. The fourth-order valence-corrected chi connectivity index (χ4v) is 2.70. The summed E-state index contributed by atoms with van der Waals surface area (Å²) in [4.78, 5) is 10.2. The van der Waals surface area contributed by atoms with Crippen molar-refractivity contribution in [3.8, 4) is 5.75 Å². The lowest BCUT2D eigenvalue weighted by atomic mass is 10.1. The van der Waals surface area contributed by atoms with Crippen LogP contribution in [0.15, 0.2) is 66.0 Å². The Morgan fingerprint density at radius 1 is 1.09 bits per heavy atom. The van der Waals surface area contributed by atoms with Gasteiger partial charge in [-0.2, -0.15) is 26.3 Å². The fraction of sp³-hybridized carbons (Fsp3) is 0.143. The van der Waals surface area contributed by atoms with Gasteiger partial charge in [0.2, 0.25) is 5.95 Å². The lowest BCUT2D eigenvalue weighted by Crippen LogP contribution is -2.11. The van der Waals surface area contributed by atoms with Crippen LogP contribution in [0.25, 0.3) is 11.0 Å². The van der Waals surface area contributed by atoms with E-state index in [2.05, 4.69) is 26.9 Å². The number of imidazole rings is 1. The van der Waals surface area contributed by atoms with Gasteiger partial charge >= 0.3 is 12.4 Å². The number of ether oxygens (including phenoxy) is 1. The lowest BCUT2D eigenvalue weighted by Gasteiger charge is -2.11. The minimum atomic E-state index is -5.01. The van der Waals surface area contributed by atoms with Crippen LogP contribution in [0.3, 0.4) is 0 Å². The number of nitrogens with zero attached hydrogens (tertiary/aromatic N) is 2. The van der Waals surface area contributed by atoms with Crippen LogP contribution in [0.4, 0.5) is 38.0 Å². The van der Waals surface area contributed by atoms with E-state index in [0.717, 1.165) is 0 Å². The van der Waals surface area contributed by atoms with Gasteiger partial charge in [-0.3, -0.25) is 4.99 Å². The average molecular weight is 454 g/mol. The third-order valence-corrected chi connectivity index (χ3v) is 4.12. The fourth-order valence-electron chi connectivity index (χ4n) is 2.70. The normalized spacial score (nSPS) is 13.0. The quantitative estimate of drug-likeness (QED) is 0.186. The monoisotopic (exact) mass is 454 g/mol. The maximum Gasteiger partial charge on any atom is 0.418 e. The van der Waals surface area contributed by atoms with Crippen LogP contribution < -0.4 is 10.1 Å². The van der Waals surface area contributed by atoms with E-state index in [4.69, 9.17) is 4.74 Å². The number of aromatic amines is 1. The molecule has 0 aliphatic heterocycles. The van der Waals surface area contributed by atoms with E-state index in [1.807, 2.05) is 0 Å². The van der Waals surface area contributed by atoms with Gasteiger partial charge in [0.25, 0.3) is 0 Å². The highest BCUT2D eigenvalue weighted by atomic mass is 19.4. The van der Waals surface area contributed by atoms with E-state index < -0.39 is 34.5 Å². The van der Waals surface area contributed by atoms with Crippen molar-refractivity contribution in [2.75, 3.05) is 5.32 Å². The zero-order valence-electron chi connectivity index (χ0n) is 16.5. The highest BCUT2D eigenvalue weighted by Gasteiger charge is 2.39. The van der Waals surface area contributed by atoms with Crippen LogP contribution >= 0.6 is 0 Å². The molecule has 1 aromatic heterocycles. The van der Waals surface area contributed by atoms with Gasteiger partial charge in [0.1, 0.15) is 17.0 Å². The number of halogens is 6. The van der Waals surface area contributed by atoms with Crippen molar-refractivity contribution >= 4 is 28.9 Å². The van der Waals surface area contributed by atoms with Gasteiger partial charge in [-0.05, 0) is 49.4 Å². The zero-order valence-corrected chi connectivity index (χ0v) is 16.5. The summed E-state index contributed by atoms with van der Waals surface area (Å²) in [5.41, 5.74) is -3.50. The van der Waals surface area contributed by atoms with Crippen LogP contribution in [-0.4, -0.2) is 16.2 Å². The summed E-state index contributed by atoms with van der Waals surface area (Å²) in [6.45, 7) is 5.34. The van der Waals surface area contributed by atoms with Crippen molar-refractivity contribution in [1.29, 1.82) is 0 Å². The summed E-state index contributed by atoms with van der Waals surface area (Å²) in [5, 5.41) is 2.73. The number of H-pyrrole nitrogens is 1. The summed E-state index contributed by atoms with van der Waals surface area (Å²) >= 11 is 0. The second-order valence-corrected chi connectivity index (χ2v) is 6.40. The maximum atomic E-state index is 13.3. The van der Waals surface area contributed by atoms with E-state index >= 15 is 0 Å². The third kappa shape index (κ3) is 5.29. The Balaban J connectivity index is 1.88. The molecule has 0 atom stereocenters. The minimum Gasteiger partial charge on any atom is -0.456 e. The molecular weight excluding hydrogens is 438 g/mol. The smallest absolute Gasteiger partial charge is 0.418 e. The number of allylic oxidation sites excluding steroid dienone is 1. The summed E-state index contributed by atoms with van der Waals surface area (Å²) in [7, 11) is 0. The van der Waals surface area contributed by atoms with Crippen molar-refractivity contribution in [2.24, 2.45) is 4.99 Å². The SMILES string of the molecule is C=C/C(=C\N=CC)Oc1ccc(Nc2nc3c(C(F)(F)F)cc(C(F)(F)F)cc3[nH]2)cc1. The standard InChI is InChI=1S/C21H16F6N4O/c1-3-14(11-28-4-2)32-15-7-5-13(6-8-15)29-19-30-17-10-12(20(22,23)24)9-16(18(17)31-19)21(25,26)27/h3-11H,1H2,2H3,(H2,29,30,31)/b14-11+,28-4?. The maximum absolute atomic E-state index is 13.3. The summed E-state index contributed by atoms with van der Waals surface area (Å²) in [6.07, 6.45) is -5.47. The van der Waals surface area contributed by atoms with Crippen molar-refractivity contribution < 1.29 is 31.1 Å². The van der Waals surface area contributed by atoms with E-state index in [-0.39, 0.29) is 12.0 Å². The van der Waals surface area contributed by atoms with Crippen molar-refractivity contribution in [1.82, 2.24) is 9.97 Å². The Morgan fingerprint density at radius 2 is 1.78 bits per heavy atom. The molecule has 2 N–H and O–H groups in total. The Labute approximate surface area is 178 Å². The van der Waals surface area contributed by atoms with Crippen LogP contribution in [0, 0.1) is 0 Å². The number of hydrogen-bond donors (Lipinski definition) is 2. The number of aliphatic imine (C=N–C) groups is 1. The molecule has 1 heterocycles. The van der Waals surface area contributed by atoms with E-state index in [9.17, 15) is 26.3 Å². The first-order valence-corrected chi connectivity index (χ1v) is 9.04. The van der Waals surface area contributed by atoms with Crippen molar-refractivity contribution in [2.45, 2.75) is 19.3 Å². The number of fused-ring (bicyclic) bond motifs is 1. The molecule has 0 radical (unpaired) electrons. The molecule has 0 saturated heterocycles. The molecule has 0 unspecified atom stereocenters. The summed E-state index contributed by atoms with van der Waals surface area (Å²) < 4.78 is 84.5. The van der Waals surface area contributed by atoms with Gasteiger partial charge < -0.3 is 15.0 Å². The average Bonchev–Trinajstić information content (AvgIpc) is 3.12. The third-order valence-electron chi connectivity index (χ3n) is 4.12. The molecule has 0 fully saturated rings. The second kappa shape index (κ2) is 8.77. The van der Waals surface area contributed by atoms with Gasteiger partial charge in [0.15, 0.2) is 0 Å². The number of hydrogen-bond acceptors (Lipinski definition) is 4. The van der Waals surface area contributed by atoms with Crippen LogP contribution in [0.2, 0.25) is 0 Å². The molecule has 0 saturated carbocycles. The first-order chi connectivity index (χ1) is 15.0. The molecule has 3 aromatic rings. The molecule has 0 aliphatic rings. The molecule has 0 amide bonds. The molecule has 0 bridgehead atoms. The summed E-state index contributed by atoms with van der Waals surface area (Å²) in [5.74, 6) is 0.676. The van der Waals surface area contributed by atoms with Gasteiger partial charge in [-0.1, -0.05) is 6.58 Å². The number of anilines is 2. The molecule has 32 heavy (non-hydrogen) atoms. The Bertz CT molecular complexity index is 1170.